The van der Waals surface area contributed by atoms with Crippen molar-refractivity contribution in [3.05, 3.63) is 42.4 Å². The highest BCUT2D eigenvalue weighted by molar-refractivity contribution is 7.88. The van der Waals surface area contributed by atoms with Crippen molar-refractivity contribution >= 4 is 10.0 Å². The second-order valence-electron chi connectivity index (χ2n) is 5.37. The van der Waals surface area contributed by atoms with E-state index in [1.165, 1.54) is 6.26 Å². The number of furan rings is 1. The number of fused-ring (bicyclic) bond motifs is 1. The molecule has 3 rings (SSSR count). The Morgan fingerprint density at radius 3 is 3.10 bits per heavy atom. The second kappa shape index (κ2) is 5.63. The number of nitrogens with zero attached hydrogens (tertiary/aromatic N) is 3. The van der Waals surface area contributed by atoms with Gasteiger partial charge in [0, 0.05) is 37.9 Å². The molecule has 0 saturated heterocycles. The van der Waals surface area contributed by atoms with Crippen molar-refractivity contribution in [3.8, 4) is 0 Å². The van der Waals surface area contributed by atoms with Crippen LogP contribution in [-0.4, -0.2) is 42.2 Å². The molecule has 1 aliphatic heterocycles. The van der Waals surface area contributed by atoms with Gasteiger partial charge in [-0.3, -0.25) is 4.90 Å². The minimum absolute atomic E-state index is 0.0397. The molecule has 8 heteroatoms. The van der Waals surface area contributed by atoms with Crippen molar-refractivity contribution < 1.29 is 12.8 Å². The number of nitrogens with one attached hydrogen (secondary N) is 1. The van der Waals surface area contributed by atoms with Crippen LogP contribution in [0.3, 0.4) is 0 Å². The normalized spacial score (nSPS) is 19.6. The van der Waals surface area contributed by atoms with Gasteiger partial charge in [-0.1, -0.05) is 0 Å². The molecule has 0 aliphatic carbocycles. The summed E-state index contributed by atoms with van der Waals surface area (Å²) < 4.78 is 32.3. The first-order valence-corrected chi connectivity index (χ1v) is 8.59. The lowest BCUT2D eigenvalue weighted by Crippen LogP contribution is -2.41. The van der Waals surface area contributed by atoms with E-state index in [-0.39, 0.29) is 6.04 Å². The largest absolute Gasteiger partial charge is 0.472 e. The third-order valence-corrected chi connectivity index (χ3v) is 4.25. The average molecular weight is 310 g/mol. The molecule has 2 aromatic rings. The summed E-state index contributed by atoms with van der Waals surface area (Å²) in [6.45, 7) is 2.69. The summed E-state index contributed by atoms with van der Waals surface area (Å²) in [6, 6.07) is 1.98. The van der Waals surface area contributed by atoms with Crippen LogP contribution in [0, 0.1) is 0 Å². The van der Waals surface area contributed by atoms with Crippen LogP contribution in [0.15, 0.2) is 35.5 Å². The van der Waals surface area contributed by atoms with E-state index in [0.29, 0.717) is 6.54 Å². The third kappa shape index (κ3) is 3.52. The zero-order valence-corrected chi connectivity index (χ0v) is 12.6. The molecule has 3 heterocycles. The van der Waals surface area contributed by atoms with Crippen molar-refractivity contribution in [1.29, 1.82) is 0 Å². The fourth-order valence-corrected chi connectivity index (χ4v) is 3.13. The van der Waals surface area contributed by atoms with Crippen molar-refractivity contribution in [2.45, 2.75) is 19.1 Å². The maximum atomic E-state index is 11.3. The topological polar surface area (TPSA) is 80.4 Å². The summed E-state index contributed by atoms with van der Waals surface area (Å²) in [7, 11) is -3.19. The SMILES string of the molecule is CS(=O)(=O)NC[C@H]1CN(Cc2ccoc2)Cc2cncn21. The van der Waals surface area contributed by atoms with E-state index in [0.717, 1.165) is 30.9 Å². The molecular weight excluding hydrogens is 292 g/mol. The maximum absolute atomic E-state index is 11.3. The van der Waals surface area contributed by atoms with E-state index >= 15 is 0 Å². The smallest absolute Gasteiger partial charge is 0.208 e. The van der Waals surface area contributed by atoms with Gasteiger partial charge in [-0.05, 0) is 6.07 Å². The molecule has 7 nitrogen and oxygen atoms in total. The van der Waals surface area contributed by atoms with Gasteiger partial charge < -0.3 is 8.98 Å². The Hall–Kier alpha value is -1.64. The number of hydrogen-bond acceptors (Lipinski definition) is 5. The van der Waals surface area contributed by atoms with E-state index in [2.05, 4.69) is 14.6 Å². The Bertz CT molecular complexity index is 693. The molecule has 2 aromatic heterocycles. The van der Waals surface area contributed by atoms with E-state index in [9.17, 15) is 8.42 Å². The number of hydrogen-bond donors (Lipinski definition) is 1. The zero-order valence-electron chi connectivity index (χ0n) is 11.8. The van der Waals surface area contributed by atoms with Gasteiger partial charge >= 0.3 is 0 Å². The van der Waals surface area contributed by atoms with Crippen molar-refractivity contribution in [2.75, 3.05) is 19.3 Å². The number of imidazole rings is 1. The molecular formula is C13H18N4O3S. The second-order valence-corrected chi connectivity index (χ2v) is 7.20. The number of rotatable bonds is 5. The Labute approximate surface area is 123 Å². The van der Waals surface area contributed by atoms with E-state index in [1.807, 2.05) is 16.8 Å². The van der Waals surface area contributed by atoms with E-state index in [1.54, 1.807) is 18.9 Å². The molecule has 0 aromatic carbocycles. The quantitative estimate of drug-likeness (QED) is 0.874. The molecule has 0 unspecified atom stereocenters. The van der Waals surface area contributed by atoms with Crippen LogP contribution in [-0.2, 0) is 23.1 Å². The molecule has 0 bridgehead atoms. The van der Waals surface area contributed by atoms with Gasteiger partial charge in [-0.15, -0.1) is 0 Å². The van der Waals surface area contributed by atoms with Crippen LogP contribution in [0.2, 0.25) is 0 Å². The molecule has 1 aliphatic rings. The molecule has 1 N–H and O–H groups in total. The van der Waals surface area contributed by atoms with Crippen LogP contribution in [0.25, 0.3) is 0 Å². The lowest BCUT2D eigenvalue weighted by molar-refractivity contribution is 0.177. The van der Waals surface area contributed by atoms with E-state index < -0.39 is 10.0 Å². The predicted octanol–water partition coefficient (Wildman–Crippen LogP) is 0.582. The first-order chi connectivity index (χ1) is 10.0. The number of sulfonamides is 1. The summed E-state index contributed by atoms with van der Waals surface area (Å²) in [6.07, 6.45) is 8.16. The standard InChI is InChI=1S/C13H18N4O3S/c1-21(18,19)15-5-13-8-16(6-11-2-3-20-9-11)7-12-4-14-10-17(12)13/h2-4,9-10,13,15H,5-8H2,1H3/t13-/m0/s1. The summed E-state index contributed by atoms with van der Waals surface area (Å²) in [4.78, 5) is 6.43. The minimum atomic E-state index is -3.19. The first kappa shape index (κ1) is 14.3. The van der Waals surface area contributed by atoms with Crippen LogP contribution in [0.4, 0.5) is 0 Å². The van der Waals surface area contributed by atoms with Crippen LogP contribution >= 0.6 is 0 Å². The maximum Gasteiger partial charge on any atom is 0.208 e. The highest BCUT2D eigenvalue weighted by Crippen LogP contribution is 2.22. The Morgan fingerprint density at radius 2 is 2.38 bits per heavy atom. The molecule has 0 spiro atoms. The molecule has 0 radical (unpaired) electrons. The molecule has 0 fully saturated rings. The van der Waals surface area contributed by atoms with E-state index in [4.69, 9.17) is 4.42 Å². The van der Waals surface area contributed by atoms with Gasteiger partial charge in [0.1, 0.15) is 0 Å². The fraction of sp³-hybridized carbons (Fsp3) is 0.462. The Morgan fingerprint density at radius 1 is 1.52 bits per heavy atom. The average Bonchev–Trinajstić information content (AvgIpc) is 3.05. The predicted molar refractivity (Wildman–Crippen MR) is 76.9 cm³/mol. The Balaban J connectivity index is 1.73. The molecule has 0 saturated carbocycles. The Kier molecular flexibility index (Phi) is 3.83. The third-order valence-electron chi connectivity index (χ3n) is 3.56. The summed E-state index contributed by atoms with van der Waals surface area (Å²) >= 11 is 0. The summed E-state index contributed by atoms with van der Waals surface area (Å²) in [5.41, 5.74) is 2.20. The lowest BCUT2D eigenvalue weighted by atomic mass is 10.1. The van der Waals surface area contributed by atoms with Crippen molar-refractivity contribution in [3.63, 3.8) is 0 Å². The van der Waals surface area contributed by atoms with Gasteiger partial charge in [-0.2, -0.15) is 0 Å². The number of aromatic nitrogens is 2. The lowest BCUT2D eigenvalue weighted by Gasteiger charge is -2.34. The van der Waals surface area contributed by atoms with Gasteiger partial charge in [-0.25, -0.2) is 18.1 Å². The first-order valence-electron chi connectivity index (χ1n) is 6.70. The van der Waals surface area contributed by atoms with Crippen LogP contribution < -0.4 is 4.72 Å². The summed E-state index contributed by atoms with van der Waals surface area (Å²) in [5.74, 6) is 0. The molecule has 1 atom stereocenters. The highest BCUT2D eigenvalue weighted by atomic mass is 32.2. The monoisotopic (exact) mass is 310 g/mol. The highest BCUT2D eigenvalue weighted by Gasteiger charge is 2.25. The summed E-state index contributed by atoms with van der Waals surface area (Å²) in [5, 5.41) is 0. The molecule has 114 valence electrons. The molecule has 21 heavy (non-hydrogen) atoms. The minimum Gasteiger partial charge on any atom is -0.472 e. The van der Waals surface area contributed by atoms with Gasteiger partial charge in [0.25, 0.3) is 0 Å². The van der Waals surface area contributed by atoms with Crippen LogP contribution in [0.5, 0.6) is 0 Å². The van der Waals surface area contributed by atoms with Crippen molar-refractivity contribution in [1.82, 2.24) is 19.2 Å². The van der Waals surface area contributed by atoms with Crippen LogP contribution in [0.1, 0.15) is 17.3 Å². The fourth-order valence-electron chi connectivity index (χ4n) is 2.63. The van der Waals surface area contributed by atoms with Gasteiger partial charge in [0.15, 0.2) is 0 Å². The zero-order chi connectivity index (χ0) is 14.9. The van der Waals surface area contributed by atoms with Crippen molar-refractivity contribution in [2.24, 2.45) is 0 Å². The van der Waals surface area contributed by atoms with Gasteiger partial charge in [0.05, 0.1) is 36.8 Å². The molecule has 0 amide bonds. The van der Waals surface area contributed by atoms with Gasteiger partial charge in [0.2, 0.25) is 10.0 Å².